The first kappa shape index (κ1) is 25.0. The maximum Gasteiger partial charge on any atom is 0.264 e. The molecule has 9 nitrogen and oxygen atoms in total. The van der Waals surface area contributed by atoms with Gasteiger partial charge in [-0.2, -0.15) is 0 Å². The van der Waals surface area contributed by atoms with Gasteiger partial charge in [-0.3, -0.25) is 23.9 Å². The van der Waals surface area contributed by atoms with Crippen molar-refractivity contribution in [1.82, 2.24) is 14.5 Å². The summed E-state index contributed by atoms with van der Waals surface area (Å²) in [5.74, 6) is -0.0647. The lowest BCUT2D eigenvalue weighted by Crippen LogP contribution is -2.36. The van der Waals surface area contributed by atoms with Crippen molar-refractivity contribution < 1.29 is 23.5 Å². The Kier molecular flexibility index (Phi) is 7.03. The summed E-state index contributed by atoms with van der Waals surface area (Å²) in [6.07, 6.45) is 0.332. The molecule has 2 fully saturated rings. The van der Waals surface area contributed by atoms with E-state index in [1.165, 1.54) is 16.7 Å². The van der Waals surface area contributed by atoms with Crippen molar-refractivity contribution in [3.63, 3.8) is 0 Å². The number of carbonyl (C=O) groups is 2. The van der Waals surface area contributed by atoms with Crippen molar-refractivity contribution in [2.45, 2.75) is 45.4 Å². The Labute approximate surface area is 213 Å². The van der Waals surface area contributed by atoms with E-state index in [0.717, 1.165) is 18.7 Å². The highest BCUT2D eigenvalue weighted by atomic mass is 19.1. The fourth-order valence-electron chi connectivity index (χ4n) is 5.01. The molecule has 1 aliphatic carbocycles. The second-order valence-corrected chi connectivity index (χ2v) is 9.58. The lowest BCUT2D eigenvalue weighted by molar-refractivity contribution is -0.132. The van der Waals surface area contributed by atoms with Crippen molar-refractivity contribution in [3.05, 3.63) is 63.5 Å². The molecule has 0 unspecified atom stereocenters. The molecule has 194 valence electrons. The number of aromatic nitrogens is 2. The average Bonchev–Trinajstić information content (AvgIpc) is 2.85. The zero-order valence-electron chi connectivity index (χ0n) is 20.7. The van der Waals surface area contributed by atoms with Gasteiger partial charge >= 0.3 is 0 Å². The predicted molar refractivity (Wildman–Crippen MR) is 135 cm³/mol. The number of hydrogen-bond acceptors (Lipinski definition) is 8. The number of hydrogen-bond donors (Lipinski definition) is 1. The van der Waals surface area contributed by atoms with Gasteiger partial charge in [-0.15, -0.1) is 0 Å². The summed E-state index contributed by atoms with van der Waals surface area (Å²) in [6.45, 7) is 5.30. The van der Waals surface area contributed by atoms with Crippen molar-refractivity contribution >= 4 is 28.2 Å². The highest BCUT2D eigenvalue weighted by molar-refractivity contribution is 6.03. The molecule has 1 aliphatic heterocycles. The van der Waals surface area contributed by atoms with Crippen LogP contribution >= 0.6 is 0 Å². The smallest absolute Gasteiger partial charge is 0.264 e. The molecule has 2 aliphatic rings. The Balaban J connectivity index is 1.34. The molecule has 0 spiro atoms. The van der Waals surface area contributed by atoms with Crippen molar-refractivity contribution in [2.75, 3.05) is 32.0 Å². The van der Waals surface area contributed by atoms with E-state index in [1.807, 2.05) is 6.07 Å². The number of nitrogens with zero attached hydrogens (tertiary/aromatic N) is 3. The second kappa shape index (κ2) is 10.4. The zero-order chi connectivity index (χ0) is 26.1. The summed E-state index contributed by atoms with van der Waals surface area (Å²) < 4.78 is 27.3. The maximum atomic E-state index is 14.8. The minimum Gasteiger partial charge on any atom is -0.489 e. The minimum absolute atomic E-state index is 0.0186. The zero-order valence-corrected chi connectivity index (χ0v) is 20.7. The normalized spacial score (nSPS) is 18.9. The van der Waals surface area contributed by atoms with Gasteiger partial charge in [0.25, 0.3) is 5.56 Å². The third kappa shape index (κ3) is 5.26. The molecule has 1 atom stereocenters. The number of ketones is 2. The minimum atomic E-state index is -0.730. The molecule has 5 rings (SSSR count). The van der Waals surface area contributed by atoms with Crippen LogP contribution in [0.15, 0.2) is 35.1 Å². The van der Waals surface area contributed by atoms with Gasteiger partial charge in [0, 0.05) is 43.8 Å². The number of nitrogens with two attached hydrogens (primary N) is 1. The molecule has 3 aromatic rings. The van der Waals surface area contributed by atoms with E-state index in [2.05, 4.69) is 9.88 Å². The van der Waals surface area contributed by atoms with Crippen molar-refractivity contribution in [2.24, 2.45) is 0 Å². The number of fused-ring (bicyclic) bond motifs is 1. The van der Waals surface area contributed by atoms with E-state index in [9.17, 15) is 18.8 Å². The highest BCUT2D eigenvalue weighted by Gasteiger charge is 2.31. The molecule has 0 amide bonds. The van der Waals surface area contributed by atoms with Crippen LogP contribution in [0.2, 0.25) is 0 Å². The quantitative estimate of drug-likeness (QED) is 0.399. The van der Waals surface area contributed by atoms with Crippen LogP contribution in [0.5, 0.6) is 5.75 Å². The third-order valence-electron chi connectivity index (χ3n) is 6.96. The Morgan fingerprint density at radius 1 is 1.16 bits per heavy atom. The molecule has 2 aromatic carbocycles. The van der Waals surface area contributed by atoms with E-state index in [0.29, 0.717) is 42.4 Å². The summed E-state index contributed by atoms with van der Waals surface area (Å²) in [4.78, 5) is 44.1. The van der Waals surface area contributed by atoms with Crippen molar-refractivity contribution in [1.29, 1.82) is 0 Å². The number of rotatable bonds is 6. The Bertz CT molecular complexity index is 1430. The summed E-state index contributed by atoms with van der Waals surface area (Å²) in [6, 6.07) is 7.48. The van der Waals surface area contributed by atoms with Crippen LogP contribution in [0.25, 0.3) is 10.9 Å². The predicted octanol–water partition coefficient (Wildman–Crippen LogP) is 2.70. The Morgan fingerprint density at radius 2 is 1.95 bits per heavy atom. The molecule has 0 bridgehead atoms. The summed E-state index contributed by atoms with van der Waals surface area (Å²) in [7, 11) is 0. The first-order valence-corrected chi connectivity index (χ1v) is 12.4. The molecule has 2 N–H and O–H groups in total. The lowest BCUT2D eigenvalue weighted by Gasteiger charge is -2.26. The molecule has 0 radical (unpaired) electrons. The fraction of sp³-hybridized carbons (Fsp3) is 0.407. The Morgan fingerprint density at radius 3 is 2.68 bits per heavy atom. The van der Waals surface area contributed by atoms with E-state index in [4.69, 9.17) is 15.2 Å². The monoisotopic (exact) mass is 508 g/mol. The largest absolute Gasteiger partial charge is 0.489 e. The van der Waals surface area contributed by atoms with Crippen LogP contribution in [0, 0.1) is 12.7 Å². The van der Waals surface area contributed by atoms with E-state index < -0.39 is 11.6 Å². The SMILES string of the molecule is Cc1nc2cc(OCc3ccc(CN4CCOCC4)cc3F)cc(N)c2c(=O)n1[C@H]1CCC(=O)CC1=O. The third-order valence-corrected chi connectivity index (χ3v) is 6.96. The molecular formula is C27H29FN4O5. The number of morpholine rings is 1. The highest BCUT2D eigenvalue weighted by Crippen LogP contribution is 2.28. The first-order valence-electron chi connectivity index (χ1n) is 12.4. The lowest BCUT2D eigenvalue weighted by atomic mass is 9.92. The van der Waals surface area contributed by atoms with E-state index in [-0.39, 0.29) is 54.3 Å². The molecule has 37 heavy (non-hydrogen) atoms. The number of carbonyl (C=O) groups excluding carboxylic acids is 2. The molecule has 1 saturated heterocycles. The van der Waals surface area contributed by atoms with Gasteiger partial charge < -0.3 is 15.2 Å². The second-order valence-electron chi connectivity index (χ2n) is 9.58. The van der Waals surface area contributed by atoms with Crippen molar-refractivity contribution in [3.8, 4) is 5.75 Å². The van der Waals surface area contributed by atoms with Gasteiger partial charge in [0.15, 0.2) is 5.78 Å². The number of benzene rings is 2. The molecular weight excluding hydrogens is 479 g/mol. The summed E-state index contributed by atoms with van der Waals surface area (Å²) in [5.41, 5.74) is 7.54. The molecule has 2 heterocycles. The maximum absolute atomic E-state index is 14.8. The molecule has 1 saturated carbocycles. The van der Waals surface area contributed by atoms with Gasteiger partial charge in [0.05, 0.1) is 42.3 Å². The topological polar surface area (TPSA) is 117 Å². The number of Topliss-reactive ketones (excluding diaryl/α,β-unsaturated/α-hetero) is 2. The Hall–Kier alpha value is -3.63. The van der Waals surface area contributed by atoms with Crippen LogP contribution in [0.4, 0.5) is 10.1 Å². The van der Waals surface area contributed by atoms with Crippen LogP contribution in [-0.2, 0) is 27.5 Å². The number of nitrogen functional groups attached to an aromatic ring is 1. The molecule has 1 aromatic heterocycles. The van der Waals surface area contributed by atoms with Crippen LogP contribution in [0.3, 0.4) is 0 Å². The average molecular weight is 509 g/mol. The van der Waals surface area contributed by atoms with Crippen LogP contribution in [-0.4, -0.2) is 52.3 Å². The first-order chi connectivity index (χ1) is 17.8. The van der Waals surface area contributed by atoms with Gasteiger partial charge in [0.2, 0.25) is 0 Å². The number of anilines is 1. The van der Waals surface area contributed by atoms with Gasteiger partial charge in [-0.25, -0.2) is 9.37 Å². The molecule has 10 heteroatoms. The van der Waals surface area contributed by atoms with Crippen LogP contribution < -0.4 is 16.0 Å². The number of ether oxygens (including phenoxy) is 2. The van der Waals surface area contributed by atoms with E-state index >= 15 is 0 Å². The van der Waals surface area contributed by atoms with Gasteiger partial charge in [0.1, 0.15) is 29.8 Å². The summed E-state index contributed by atoms with van der Waals surface area (Å²) >= 11 is 0. The standard InChI is InChI=1S/C27H29FN4O5/c1-16-30-23-13-20(12-22(29)26(23)27(35)32(16)24-5-4-19(33)11-25(24)34)37-15-18-3-2-17(10-21(18)28)14-31-6-8-36-9-7-31/h2-3,10,12-13,24H,4-9,11,14-15,29H2,1H3/t24-/m0/s1. The number of halogens is 1. The fourth-order valence-corrected chi connectivity index (χ4v) is 5.01. The van der Waals surface area contributed by atoms with Crippen LogP contribution in [0.1, 0.15) is 42.3 Å². The summed E-state index contributed by atoms with van der Waals surface area (Å²) in [5, 5.41) is 0.182. The number of aryl methyl sites for hydroxylation is 1. The van der Waals surface area contributed by atoms with Gasteiger partial charge in [-0.05, 0) is 25.0 Å². The van der Waals surface area contributed by atoms with E-state index in [1.54, 1.807) is 19.1 Å². The van der Waals surface area contributed by atoms with Gasteiger partial charge in [-0.1, -0.05) is 12.1 Å².